The topological polar surface area (TPSA) is 12.0 Å². The minimum Gasteiger partial charge on any atom is -0.310 e. The Balaban J connectivity index is 2.68. The Bertz CT molecular complexity index is 324. The molecule has 1 N–H and O–H groups in total. The summed E-state index contributed by atoms with van der Waals surface area (Å²) in [5.41, 5.74) is 3.96. The Hall–Kier alpha value is -1.08. The van der Waals surface area contributed by atoms with E-state index in [0.29, 0.717) is 6.04 Å². The van der Waals surface area contributed by atoms with E-state index in [-0.39, 0.29) is 0 Å². The SMILES string of the molecule is C=C(C)CCC(NCC)c1ccc(C)cc1. The standard InChI is InChI=1S/C15H23N/c1-5-16-15(11-6-12(2)3)14-9-7-13(4)8-10-14/h7-10,15-16H,2,5-6,11H2,1,3-4H3. The number of rotatable bonds is 6. The van der Waals surface area contributed by atoms with Crippen molar-refractivity contribution >= 4 is 0 Å². The number of allylic oxidation sites excluding steroid dienone is 1. The predicted molar refractivity (Wildman–Crippen MR) is 71.6 cm³/mol. The highest BCUT2D eigenvalue weighted by atomic mass is 14.9. The summed E-state index contributed by atoms with van der Waals surface area (Å²) in [6, 6.07) is 9.27. The van der Waals surface area contributed by atoms with E-state index >= 15 is 0 Å². The molecule has 0 fully saturated rings. The Labute approximate surface area is 99.6 Å². The zero-order chi connectivity index (χ0) is 12.0. The molecular weight excluding hydrogens is 194 g/mol. The number of hydrogen-bond acceptors (Lipinski definition) is 1. The fraction of sp³-hybridized carbons (Fsp3) is 0.467. The number of nitrogens with one attached hydrogen (secondary N) is 1. The molecule has 1 heteroatoms. The van der Waals surface area contributed by atoms with Gasteiger partial charge in [0.05, 0.1) is 0 Å². The second kappa shape index (κ2) is 6.49. The lowest BCUT2D eigenvalue weighted by molar-refractivity contribution is 0.514. The van der Waals surface area contributed by atoms with Crippen molar-refractivity contribution in [1.82, 2.24) is 5.32 Å². The van der Waals surface area contributed by atoms with Crippen LogP contribution in [0.3, 0.4) is 0 Å². The summed E-state index contributed by atoms with van der Waals surface area (Å²) in [7, 11) is 0. The minimum atomic E-state index is 0.460. The van der Waals surface area contributed by atoms with Crippen molar-refractivity contribution in [3.8, 4) is 0 Å². The zero-order valence-electron chi connectivity index (χ0n) is 10.7. The maximum absolute atomic E-state index is 3.97. The second-order valence-electron chi connectivity index (χ2n) is 4.52. The van der Waals surface area contributed by atoms with Crippen molar-refractivity contribution in [2.75, 3.05) is 6.54 Å². The van der Waals surface area contributed by atoms with E-state index in [1.165, 1.54) is 16.7 Å². The van der Waals surface area contributed by atoms with Crippen LogP contribution < -0.4 is 5.32 Å². The summed E-state index contributed by atoms with van der Waals surface area (Å²) in [5.74, 6) is 0. The average molecular weight is 217 g/mol. The fourth-order valence-corrected chi connectivity index (χ4v) is 1.82. The third-order valence-electron chi connectivity index (χ3n) is 2.79. The maximum Gasteiger partial charge on any atom is 0.0323 e. The molecule has 1 aromatic rings. The third kappa shape index (κ3) is 4.19. The predicted octanol–water partition coefficient (Wildman–Crippen LogP) is 4.00. The van der Waals surface area contributed by atoms with Crippen LogP contribution in [-0.4, -0.2) is 6.54 Å². The van der Waals surface area contributed by atoms with Gasteiger partial charge in [0.25, 0.3) is 0 Å². The monoisotopic (exact) mass is 217 g/mol. The Morgan fingerprint density at radius 2 is 1.94 bits per heavy atom. The first-order valence-electron chi connectivity index (χ1n) is 6.07. The zero-order valence-corrected chi connectivity index (χ0v) is 10.7. The molecule has 1 nitrogen and oxygen atoms in total. The highest BCUT2D eigenvalue weighted by molar-refractivity contribution is 5.24. The Kier molecular flexibility index (Phi) is 5.27. The molecule has 0 aromatic heterocycles. The third-order valence-corrected chi connectivity index (χ3v) is 2.79. The van der Waals surface area contributed by atoms with Crippen molar-refractivity contribution in [2.24, 2.45) is 0 Å². The minimum absolute atomic E-state index is 0.460. The lowest BCUT2D eigenvalue weighted by Crippen LogP contribution is -2.20. The van der Waals surface area contributed by atoms with Gasteiger partial charge in [-0.2, -0.15) is 0 Å². The first kappa shape index (κ1) is 13.0. The molecule has 0 aliphatic carbocycles. The van der Waals surface area contributed by atoms with Gasteiger partial charge in [0.2, 0.25) is 0 Å². The van der Waals surface area contributed by atoms with E-state index in [9.17, 15) is 0 Å². The molecule has 0 bridgehead atoms. The summed E-state index contributed by atoms with van der Waals surface area (Å²) < 4.78 is 0. The van der Waals surface area contributed by atoms with Crippen LogP contribution in [0.5, 0.6) is 0 Å². The van der Waals surface area contributed by atoms with Crippen LogP contribution in [-0.2, 0) is 0 Å². The van der Waals surface area contributed by atoms with E-state index in [1.54, 1.807) is 0 Å². The molecule has 16 heavy (non-hydrogen) atoms. The molecule has 1 aromatic carbocycles. The van der Waals surface area contributed by atoms with Gasteiger partial charge in [-0.3, -0.25) is 0 Å². The second-order valence-corrected chi connectivity index (χ2v) is 4.52. The van der Waals surface area contributed by atoms with Crippen molar-refractivity contribution < 1.29 is 0 Å². The summed E-state index contributed by atoms with van der Waals surface area (Å²) >= 11 is 0. The summed E-state index contributed by atoms with van der Waals surface area (Å²) in [6.07, 6.45) is 2.22. The van der Waals surface area contributed by atoms with Crippen molar-refractivity contribution in [1.29, 1.82) is 0 Å². The summed E-state index contributed by atoms with van der Waals surface area (Å²) in [4.78, 5) is 0. The molecule has 1 atom stereocenters. The quantitative estimate of drug-likeness (QED) is 0.710. The van der Waals surface area contributed by atoms with E-state index < -0.39 is 0 Å². The normalized spacial score (nSPS) is 12.4. The van der Waals surface area contributed by atoms with Crippen LogP contribution in [0.1, 0.15) is 43.9 Å². The van der Waals surface area contributed by atoms with Crippen molar-refractivity contribution in [3.63, 3.8) is 0 Å². The molecule has 88 valence electrons. The number of aryl methyl sites for hydroxylation is 1. The molecule has 0 saturated heterocycles. The van der Waals surface area contributed by atoms with E-state index in [2.05, 4.69) is 56.9 Å². The fourth-order valence-electron chi connectivity index (χ4n) is 1.82. The van der Waals surface area contributed by atoms with Gasteiger partial charge in [0, 0.05) is 6.04 Å². The smallest absolute Gasteiger partial charge is 0.0323 e. The van der Waals surface area contributed by atoms with Gasteiger partial charge >= 0.3 is 0 Å². The van der Waals surface area contributed by atoms with Crippen LogP contribution in [0.25, 0.3) is 0 Å². The van der Waals surface area contributed by atoms with Gasteiger partial charge in [-0.25, -0.2) is 0 Å². The molecule has 0 radical (unpaired) electrons. The Morgan fingerprint density at radius 1 is 1.31 bits per heavy atom. The van der Waals surface area contributed by atoms with Crippen LogP contribution in [0, 0.1) is 6.92 Å². The molecule has 0 aliphatic heterocycles. The number of benzene rings is 1. The van der Waals surface area contributed by atoms with Gasteiger partial charge in [-0.15, -0.1) is 6.58 Å². The number of hydrogen-bond donors (Lipinski definition) is 1. The molecule has 0 amide bonds. The first-order chi connectivity index (χ1) is 7.63. The van der Waals surface area contributed by atoms with Crippen LogP contribution in [0.2, 0.25) is 0 Å². The average Bonchev–Trinajstić information content (AvgIpc) is 2.25. The van der Waals surface area contributed by atoms with Gasteiger partial charge in [-0.1, -0.05) is 42.3 Å². The van der Waals surface area contributed by atoms with Crippen molar-refractivity contribution in [2.45, 2.75) is 39.7 Å². The molecule has 0 saturated carbocycles. The van der Waals surface area contributed by atoms with Gasteiger partial charge < -0.3 is 5.32 Å². The highest BCUT2D eigenvalue weighted by Crippen LogP contribution is 2.20. The van der Waals surface area contributed by atoms with E-state index in [4.69, 9.17) is 0 Å². The van der Waals surface area contributed by atoms with E-state index in [1.807, 2.05) is 0 Å². The lowest BCUT2D eigenvalue weighted by atomic mass is 9.99. The van der Waals surface area contributed by atoms with E-state index in [0.717, 1.165) is 19.4 Å². The molecule has 0 aliphatic rings. The van der Waals surface area contributed by atoms with Gasteiger partial charge in [-0.05, 0) is 38.8 Å². The maximum atomic E-state index is 3.97. The summed E-state index contributed by atoms with van der Waals surface area (Å²) in [5, 5.41) is 3.53. The largest absolute Gasteiger partial charge is 0.310 e. The summed E-state index contributed by atoms with van der Waals surface area (Å²) in [6.45, 7) is 11.4. The molecule has 0 spiro atoms. The molecule has 1 rings (SSSR count). The Morgan fingerprint density at radius 3 is 2.44 bits per heavy atom. The van der Waals surface area contributed by atoms with Gasteiger partial charge in [0.1, 0.15) is 0 Å². The van der Waals surface area contributed by atoms with Crippen LogP contribution in [0.4, 0.5) is 0 Å². The van der Waals surface area contributed by atoms with Crippen LogP contribution >= 0.6 is 0 Å². The lowest BCUT2D eigenvalue weighted by Gasteiger charge is -2.18. The van der Waals surface area contributed by atoms with Crippen molar-refractivity contribution in [3.05, 3.63) is 47.5 Å². The first-order valence-corrected chi connectivity index (χ1v) is 6.07. The highest BCUT2D eigenvalue weighted by Gasteiger charge is 2.09. The molecule has 0 heterocycles. The van der Waals surface area contributed by atoms with Gasteiger partial charge in [0.15, 0.2) is 0 Å². The van der Waals surface area contributed by atoms with Crippen LogP contribution in [0.15, 0.2) is 36.4 Å². The molecule has 1 unspecified atom stereocenters. The molecular formula is C15H23N.